The highest BCUT2D eigenvalue weighted by Gasteiger charge is 2.25. The Balaban J connectivity index is 2.43. The summed E-state index contributed by atoms with van der Waals surface area (Å²) < 4.78 is 0. The molecule has 1 fully saturated rings. The average Bonchev–Trinajstić information content (AvgIpc) is 2.27. The van der Waals surface area contributed by atoms with Crippen LogP contribution in [0.25, 0.3) is 0 Å². The van der Waals surface area contributed by atoms with Gasteiger partial charge in [-0.3, -0.25) is 4.79 Å². The zero-order valence-electron chi connectivity index (χ0n) is 10.5. The van der Waals surface area contributed by atoms with Gasteiger partial charge in [0, 0.05) is 24.9 Å². The highest BCUT2D eigenvalue weighted by atomic mass is 35.5. The molecular formula is C13H24ClNO. The second-order valence-electron chi connectivity index (χ2n) is 5.15. The summed E-state index contributed by atoms with van der Waals surface area (Å²) in [6.07, 6.45) is 6.20. The first-order valence-corrected chi connectivity index (χ1v) is 7.04. The van der Waals surface area contributed by atoms with E-state index >= 15 is 0 Å². The lowest BCUT2D eigenvalue weighted by molar-refractivity contribution is -0.135. The zero-order chi connectivity index (χ0) is 12.0. The van der Waals surface area contributed by atoms with Gasteiger partial charge in [-0.25, -0.2) is 0 Å². The van der Waals surface area contributed by atoms with Crippen LogP contribution in [0.5, 0.6) is 0 Å². The number of halogens is 1. The second kappa shape index (κ2) is 7.16. The molecule has 1 aliphatic heterocycles. The fourth-order valence-electron chi connectivity index (χ4n) is 2.31. The number of amides is 1. The largest absolute Gasteiger partial charge is 0.340 e. The van der Waals surface area contributed by atoms with Crippen LogP contribution in [-0.4, -0.2) is 29.3 Å². The van der Waals surface area contributed by atoms with Gasteiger partial charge in [0.15, 0.2) is 0 Å². The van der Waals surface area contributed by atoms with Crippen molar-refractivity contribution >= 4 is 17.5 Å². The predicted octanol–water partition coefficient (Wildman–Crippen LogP) is 3.43. The van der Waals surface area contributed by atoms with Crippen LogP contribution in [0.3, 0.4) is 0 Å². The summed E-state index contributed by atoms with van der Waals surface area (Å²) in [7, 11) is 0. The first kappa shape index (κ1) is 13.8. The van der Waals surface area contributed by atoms with Crippen LogP contribution < -0.4 is 0 Å². The molecule has 0 N–H and O–H groups in total. The Morgan fingerprint density at radius 1 is 1.44 bits per heavy atom. The predicted molar refractivity (Wildman–Crippen MR) is 68.8 cm³/mol. The van der Waals surface area contributed by atoms with E-state index in [-0.39, 0.29) is 0 Å². The Morgan fingerprint density at radius 3 is 2.81 bits per heavy atom. The van der Waals surface area contributed by atoms with E-state index in [0.717, 1.165) is 32.2 Å². The molecule has 0 aromatic carbocycles. The van der Waals surface area contributed by atoms with E-state index in [1.807, 2.05) is 0 Å². The lowest BCUT2D eigenvalue weighted by atomic mass is 9.98. The maximum atomic E-state index is 12.1. The van der Waals surface area contributed by atoms with E-state index in [0.29, 0.717) is 30.2 Å². The summed E-state index contributed by atoms with van der Waals surface area (Å²) in [5.74, 6) is 1.61. The number of rotatable bonds is 5. The van der Waals surface area contributed by atoms with Crippen molar-refractivity contribution in [2.24, 2.45) is 5.92 Å². The van der Waals surface area contributed by atoms with Gasteiger partial charge in [-0.15, -0.1) is 11.6 Å². The van der Waals surface area contributed by atoms with E-state index in [9.17, 15) is 4.79 Å². The molecule has 0 bridgehead atoms. The Morgan fingerprint density at radius 2 is 2.19 bits per heavy atom. The molecule has 0 aliphatic carbocycles. The van der Waals surface area contributed by atoms with Gasteiger partial charge >= 0.3 is 0 Å². The highest BCUT2D eigenvalue weighted by Crippen LogP contribution is 2.21. The molecule has 0 spiro atoms. The Kier molecular flexibility index (Phi) is 6.18. The topological polar surface area (TPSA) is 20.3 Å². The summed E-state index contributed by atoms with van der Waals surface area (Å²) in [6.45, 7) is 5.28. The maximum absolute atomic E-state index is 12.1. The van der Waals surface area contributed by atoms with Crippen molar-refractivity contribution in [1.29, 1.82) is 0 Å². The van der Waals surface area contributed by atoms with E-state index in [1.165, 1.54) is 6.42 Å². The monoisotopic (exact) mass is 245 g/mol. The maximum Gasteiger partial charge on any atom is 0.222 e. The number of piperidine rings is 1. The van der Waals surface area contributed by atoms with Crippen molar-refractivity contribution in [3.8, 4) is 0 Å². The molecule has 1 saturated heterocycles. The molecule has 94 valence electrons. The molecule has 1 aliphatic rings. The summed E-state index contributed by atoms with van der Waals surface area (Å²) in [5.41, 5.74) is 0. The summed E-state index contributed by atoms with van der Waals surface area (Å²) in [4.78, 5) is 14.1. The second-order valence-corrected chi connectivity index (χ2v) is 5.52. The average molecular weight is 246 g/mol. The minimum Gasteiger partial charge on any atom is -0.340 e. The van der Waals surface area contributed by atoms with Gasteiger partial charge in [-0.05, 0) is 38.0 Å². The quantitative estimate of drug-likeness (QED) is 0.680. The van der Waals surface area contributed by atoms with Gasteiger partial charge in [0.1, 0.15) is 0 Å². The molecule has 0 aromatic rings. The molecule has 1 rings (SSSR count). The summed E-state index contributed by atoms with van der Waals surface area (Å²) >= 11 is 5.79. The van der Waals surface area contributed by atoms with Gasteiger partial charge in [0.25, 0.3) is 0 Å². The van der Waals surface area contributed by atoms with E-state index in [1.54, 1.807) is 0 Å². The molecule has 3 heteroatoms. The van der Waals surface area contributed by atoms with Crippen LogP contribution in [0, 0.1) is 5.92 Å². The number of hydrogen-bond acceptors (Lipinski definition) is 1. The first-order chi connectivity index (χ1) is 7.65. The molecule has 1 unspecified atom stereocenters. The van der Waals surface area contributed by atoms with Crippen LogP contribution in [0.15, 0.2) is 0 Å². The highest BCUT2D eigenvalue weighted by molar-refractivity contribution is 6.17. The molecule has 16 heavy (non-hydrogen) atoms. The lowest BCUT2D eigenvalue weighted by Crippen LogP contribution is -2.43. The standard InChI is InChI=1S/C13H24ClNO/c1-11(2)6-7-13(16)15-10-4-3-5-12(15)8-9-14/h11-12H,3-10H2,1-2H3. The summed E-state index contributed by atoms with van der Waals surface area (Å²) in [6, 6.07) is 0.408. The van der Waals surface area contributed by atoms with Gasteiger partial charge in [-0.2, -0.15) is 0 Å². The molecule has 1 atom stereocenters. The van der Waals surface area contributed by atoms with Crippen molar-refractivity contribution in [1.82, 2.24) is 4.90 Å². The molecular weight excluding hydrogens is 222 g/mol. The van der Waals surface area contributed by atoms with Crippen LogP contribution in [0.2, 0.25) is 0 Å². The third-order valence-electron chi connectivity index (χ3n) is 3.33. The number of likely N-dealkylation sites (tertiary alicyclic amines) is 1. The van der Waals surface area contributed by atoms with Crippen LogP contribution >= 0.6 is 11.6 Å². The number of carbonyl (C=O) groups excluding carboxylic acids is 1. The Bertz CT molecular complexity index is 216. The van der Waals surface area contributed by atoms with Crippen molar-refractivity contribution in [2.75, 3.05) is 12.4 Å². The number of alkyl halides is 1. The fraction of sp³-hybridized carbons (Fsp3) is 0.923. The van der Waals surface area contributed by atoms with Crippen LogP contribution in [-0.2, 0) is 4.79 Å². The molecule has 0 radical (unpaired) electrons. The number of carbonyl (C=O) groups is 1. The van der Waals surface area contributed by atoms with Gasteiger partial charge in [0.05, 0.1) is 0 Å². The summed E-state index contributed by atoms with van der Waals surface area (Å²) in [5, 5.41) is 0. The van der Waals surface area contributed by atoms with Gasteiger partial charge in [0.2, 0.25) is 5.91 Å². The SMILES string of the molecule is CC(C)CCC(=O)N1CCCCC1CCCl. The van der Waals surface area contributed by atoms with Crippen molar-refractivity contribution in [2.45, 2.75) is 58.4 Å². The minimum absolute atomic E-state index is 0.337. The normalized spacial score (nSPS) is 21.5. The van der Waals surface area contributed by atoms with E-state index in [2.05, 4.69) is 18.7 Å². The number of hydrogen-bond donors (Lipinski definition) is 0. The Hall–Kier alpha value is -0.240. The molecule has 1 heterocycles. The number of nitrogens with zero attached hydrogens (tertiary/aromatic N) is 1. The van der Waals surface area contributed by atoms with E-state index < -0.39 is 0 Å². The third kappa shape index (κ3) is 4.32. The van der Waals surface area contributed by atoms with E-state index in [4.69, 9.17) is 11.6 Å². The smallest absolute Gasteiger partial charge is 0.222 e. The third-order valence-corrected chi connectivity index (χ3v) is 3.54. The van der Waals surface area contributed by atoms with Gasteiger partial charge in [-0.1, -0.05) is 13.8 Å². The lowest BCUT2D eigenvalue weighted by Gasteiger charge is -2.35. The molecule has 2 nitrogen and oxygen atoms in total. The molecule has 0 aromatic heterocycles. The van der Waals surface area contributed by atoms with Gasteiger partial charge < -0.3 is 4.90 Å². The fourth-order valence-corrected chi connectivity index (χ4v) is 2.56. The van der Waals surface area contributed by atoms with Crippen LogP contribution in [0.4, 0.5) is 0 Å². The zero-order valence-corrected chi connectivity index (χ0v) is 11.3. The molecule has 0 saturated carbocycles. The van der Waals surface area contributed by atoms with Crippen molar-refractivity contribution in [3.05, 3.63) is 0 Å². The van der Waals surface area contributed by atoms with Crippen molar-refractivity contribution in [3.63, 3.8) is 0 Å². The Labute approximate surface area is 104 Å². The van der Waals surface area contributed by atoms with Crippen molar-refractivity contribution < 1.29 is 4.79 Å². The van der Waals surface area contributed by atoms with Crippen LogP contribution in [0.1, 0.15) is 52.4 Å². The molecule has 1 amide bonds. The minimum atomic E-state index is 0.337. The first-order valence-electron chi connectivity index (χ1n) is 6.50.